The van der Waals surface area contributed by atoms with Gasteiger partial charge in [0.25, 0.3) is 5.92 Å². The van der Waals surface area contributed by atoms with Gasteiger partial charge >= 0.3 is 5.97 Å². The van der Waals surface area contributed by atoms with E-state index in [9.17, 15) is 13.6 Å². The van der Waals surface area contributed by atoms with Gasteiger partial charge in [-0.3, -0.25) is 4.79 Å². The highest BCUT2D eigenvalue weighted by molar-refractivity contribution is 5.66. The topological polar surface area (TPSA) is 46.5 Å². The summed E-state index contributed by atoms with van der Waals surface area (Å²) in [7, 11) is 1.30. The minimum Gasteiger partial charge on any atom is -0.496 e. The molecule has 0 amide bonds. The quantitative estimate of drug-likeness (QED) is 0.845. The van der Waals surface area contributed by atoms with Crippen LogP contribution < -0.4 is 4.74 Å². The number of carboxylic acid groups (broad SMARTS) is 1. The Morgan fingerprint density at radius 3 is 2.62 bits per heavy atom. The van der Waals surface area contributed by atoms with E-state index in [0.717, 1.165) is 0 Å². The molecule has 1 aromatic rings. The number of aliphatic carboxylic acids is 1. The van der Waals surface area contributed by atoms with Crippen molar-refractivity contribution in [1.82, 2.24) is 0 Å². The Balaban J connectivity index is 2.92. The summed E-state index contributed by atoms with van der Waals surface area (Å²) in [4.78, 5) is 10.3. The highest BCUT2D eigenvalue weighted by atomic mass is 19.3. The molecule has 5 heteroatoms. The van der Waals surface area contributed by atoms with E-state index in [1.54, 1.807) is 6.07 Å². The van der Waals surface area contributed by atoms with Crippen LogP contribution in [0.4, 0.5) is 8.78 Å². The molecule has 3 nitrogen and oxygen atoms in total. The van der Waals surface area contributed by atoms with E-state index in [-0.39, 0.29) is 11.3 Å². The molecule has 0 saturated carbocycles. The van der Waals surface area contributed by atoms with Crippen molar-refractivity contribution in [2.75, 3.05) is 7.11 Å². The van der Waals surface area contributed by atoms with Gasteiger partial charge in [0.1, 0.15) is 5.75 Å². The van der Waals surface area contributed by atoms with Gasteiger partial charge in [-0.1, -0.05) is 12.1 Å². The predicted molar refractivity (Wildman–Crippen MR) is 53.8 cm³/mol. The van der Waals surface area contributed by atoms with Crippen LogP contribution in [0.3, 0.4) is 0 Å². The molecule has 0 aromatic heterocycles. The van der Waals surface area contributed by atoms with E-state index < -0.39 is 24.7 Å². The number of methoxy groups -OCH3 is 1. The summed E-state index contributed by atoms with van der Waals surface area (Å²) in [5.74, 6) is -4.36. The Kier molecular flexibility index (Phi) is 3.82. The first kappa shape index (κ1) is 12.4. The van der Waals surface area contributed by atoms with Crippen molar-refractivity contribution < 1.29 is 23.4 Å². The number of halogens is 2. The van der Waals surface area contributed by atoms with Crippen LogP contribution in [-0.4, -0.2) is 18.2 Å². The van der Waals surface area contributed by atoms with Crippen molar-refractivity contribution in [3.8, 4) is 5.75 Å². The molecule has 1 N–H and O–H groups in total. The van der Waals surface area contributed by atoms with Gasteiger partial charge < -0.3 is 9.84 Å². The van der Waals surface area contributed by atoms with Gasteiger partial charge in [0, 0.05) is 6.42 Å². The van der Waals surface area contributed by atoms with Gasteiger partial charge in [-0.25, -0.2) is 8.78 Å². The van der Waals surface area contributed by atoms with Crippen LogP contribution in [0.1, 0.15) is 18.4 Å². The summed E-state index contributed by atoms with van der Waals surface area (Å²) in [5, 5.41) is 8.39. The Bertz CT molecular complexity index is 377. The molecule has 88 valence electrons. The first-order chi connectivity index (χ1) is 7.47. The third kappa shape index (κ3) is 2.92. The third-order valence-electron chi connectivity index (χ3n) is 2.15. The molecule has 0 aliphatic heterocycles. The van der Waals surface area contributed by atoms with Crippen molar-refractivity contribution >= 4 is 5.97 Å². The largest absolute Gasteiger partial charge is 0.496 e. The fourth-order valence-corrected chi connectivity index (χ4v) is 1.35. The van der Waals surface area contributed by atoms with Crippen molar-refractivity contribution in [3.05, 3.63) is 29.8 Å². The third-order valence-corrected chi connectivity index (χ3v) is 2.15. The standard InChI is InChI=1S/C11H12F2O3/c1-16-9-5-3-2-4-8(9)11(12,13)7-6-10(14)15/h2-5H,6-7H2,1H3,(H,14,15). The van der Waals surface area contributed by atoms with E-state index in [4.69, 9.17) is 9.84 Å². The lowest BCUT2D eigenvalue weighted by atomic mass is 10.0. The maximum Gasteiger partial charge on any atom is 0.303 e. The lowest BCUT2D eigenvalue weighted by Crippen LogP contribution is -2.16. The van der Waals surface area contributed by atoms with Crippen LogP contribution in [0.25, 0.3) is 0 Å². The number of carboxylic acids is 1. The van der Waals surface area contributed by atoms with Crippen LogP contribution in [-0.2, 0) is 10.7 Å². The fraction of sp³-hybridized carbons (Fsp3) is 0.364. The number of rotatable bonds is 5. The Morgan fingerprint density at radius 2 is 2.06 bits per heavy atom. The minimum absolute atomic E-state index is 0.0675. The lowest BCUT2D eigenvalue weighted by molar-refractivity contribution is -0.139. The summed E-state index contributed by atoms with van der Waals surface area (Å²) in [6.45, 7) is 0. The van der Waals surface area contributed by atoms with Crippen molar-refractivity contribution in [3.63, 3.8) is 0 Å². The molecule has 0 aliphatic carbocycles. The lowest BCUT2D eigenvalue weighted by Gasteiger charge is -2.18. The van der Waals surface area contributed by atoms with Crippen molar-refractivity contribution in [1.29, 1.82) is 0 Å². The smallest absolute Gasteiger partial charge is 0.303 e. The monoisotopic (exact) mass is 230 g/mol. The van der Waals surface area contributed by atoms with Crippen molar-refractivity contribution in [2.24, 2.45) is 0 Å². The fourth-order valence-electron chi connectivity index (χ4n) is 1.35. The number of alkyl halides is 2. The second-order valence-electron chi connectivity index (χ2n) is 3.30. The van der Waals surface area contributed by atoms with Crippen LogP contribution in [0.5, 0.6) is 5.75 Å². The molecule has 1 rings (SSSR count). The van der Waals surface area contributed by atoms with Crippen molar-refractivity contribution in [2.45, 2.75) is 18.8 Å². The number of benzene rings is 1. The second kappa shape index (κ2) is 4.92. The van der Waals surface area contributed by atoms with Crippen LogP contribution in [0, 0.1) is 0 Å². The van der Waals surface area contributed by atoms with Gasteiger partial charge in [-0.15, -0.1) is 0 Å². The van der Waals surface area contributed by atoms with Crippen LogP contribution >= 0.6 is 0 Å². The van der Waals surface area contributed by atoms with E-state index in [0.29, 0.717) is 0 Å². The van der Waals surface area contributed by atoms with Crippen LogP contribution in [0.15, 0.2) is 24.3 Å². The Labute approximate surface area is 91.7 Å². The molecule has 0 spiro atoms. The zero-order valence-corrected chi connectivity index (χ0v) is 8.74. The first-order valence-corrected chi connectivity index (χ1v) is 4.70. The zero-order valence-electron chi connectivity index (χ0n) is 8.74. The molecular weight excluding hydrogens is 218 g/mol. The Hall–Kier alpha value is -1.65. The highest BCUT2D eigenvalue weighted by Crippen LogP contribution is 2.38. The van der Waals surface area contributed by atoms with E-state index in [2.05, 4.69) is 0 Å². The maximum absolute atomic E-state index is 13.6. The summed E-state index contributed by atoms with van der Waals surface area (Å²) < 4.78 is 32.1. The first-order valence-electron chi connectivity index (χ1n) is 4.70. The average Bonchev–Trinajstić information content (AvgIpc) is 2.26. The van der Waals surface area contributed by atoms with E-state index in [1.807, 2.05) is 0 Å². The molecule has 0 saturated heterocycles. The van der Waals surface area contributed by atoms with Gasteiger partial charge in [-0.05, 0) is 12.1 Å². The number of hydrogen-bond acceptors (Lipinski definition) is 2. The Morgan fingerprint density at radius 1 is 1.44 bits per heavy atom. The highest BCUT2D eigenvalue weighted by Gasteiger charge is 2.34. The molecule has 0 unspecified atom stereocenters. The predicted octanol–water partition coefficient (Wildman–Crippen LogP) is 2.65. The summed E-state index contributed by atoms with van der Waals surface area (Å²) in [6.07, 6.45) is -1.31. The maximum atomic E-state index is 13.6. The number of ether oxygens (including phenoxy) is 1. The summed E-state index contributed by atoms with van der Waals surface area (Å²) in [5.41, 5.74) is -0.279. The van der Waals surface area contributed by atoms with Gasteiger partial charge in [0.15, 0.2) is 0 Å². The van der Waals surface area contributed by atoms with Gasteiger partial charge in [0.05, 0.1) is 19.1 Å². The molecule has 0 atom stereocenters. The van der Waals surface area contributed by atoms with Gasteiger partial charge in [-0.2, -0.15) is 0 Å². The van der Waals surface area contributed by atoms with E-state index >= 15 is 0 Å². The van der Waals surface area contributed by atoms with E-state index in [1.165, 1.54) is 25.3 Å². The molecule has 1 aromatic carbocycles. The molecular formula is C11H12F2O3. The average molecular weight is 230 g/mol. The molecule has 0 bridgehead atoms. The summed E-state index contributed by atoms with van der Waals surface area (Å²) >= 11 is 0. The second-order valence-corrected chi connectivity index (χ2v) is 3.30. The van der Waals surface area contributed by atoms with Gasteiger partial charge in [0.2, 0.25) is 0 Å². The molecule has 0 aliphatic rings. The minimum atomic E-state index is -3.19. The molecule has 0 heterocycles. The number of para-hydroxylation sites is 1. The zero-order chi connectivity index (χ0) is 12.2. The SMILES string of the molecule is COc1ccccc1C(F)(F)CCC(=O)O. The molecule has 16 heavy (non-hydrogen) atoms. The normalized spacial score (nSPS) is 11.2. The number of hydrogen-bond donors (Lipinski definition) is 1. The molecule has 0 fully saturated rings. The number of carbonyl (C=O) groups is 1. The summed E-state index contributed by atoms with van der Waals surface area (Å²) in [6, 6.07) is 5.70. The molecule has 0 radical (unpaired) electrons. The van der Waals surface area contributed by atoms with Crippen LogP contribution in [0.2, 0.25) is 0 Å².